The van der Waals surface area contributed by atoms with Crippen LogP contribution in [0.25, 0.3) is 0 Å². The Morgan fingerprint density at radius 3 is 2.89 bits per heavy atom. The van der Waals surface area contributed by atoms with Crippen LogP contribution in [0.2, 0.25) is 0 Å². The highest BCUT2D eigenvalue weighted by atomic mass is 32.2. The van der Waals surface area contributed by atoms with Gasteiger partial charge in [0.2, 0.25) is 0 Å². The fourth-order valence-corrected chi connectivity index (χ4v) is 3.68. The van der Waals surface area contributed by atoms with Gasteiger partial charge in [-0.1, -0.05) is 19.9 Å². The minimum absolute atomic E-state index is 0.595. The van der Waals surface area contributed by atoms with E-state index in [0.29, 0.717) is 6.04 Å². The molecule has 2 atom stereocenters. The van der Waals surface area contributed by atoms with Crippen LogP contribution in [-0.4, -0.2) is 28.6 Å². The first-order valence-corrected chi connectivity index (χ1v) is 8.45. The Bertz CT molecular complexity index is 383. The van der Waals surface area contributed by atoms with Gasteiger partial charge in [-0.3, -0.25) is 0 Å². The normalized spacial score (nSPS) is 22.4. The molecule has 4 heteroatoms. The SMILES string of the molecule is CCCNc1cccc(NC2CCC(SCC)C2)n1. The second-order valence-corrected chi connectivity index (χ2v) is 6.64. The number of pyridine rings is 1. The smallest absolute Gasteiger partial charge is 0.128 e. The first kappa shape index (κ1) is 14.5. The van der Waals surface area contributed by atoms with Gasteiger partial charge in [0, 0.05) is 17.8 Å². The van der Waals surface area contributed by atoms with Crippen molar-refractivity contribution in [2.24, 2.45) is 0 Å². The van der Waals surface area contributed by atoms with E-state index in [1.807, 2.05) is 6.07 Å². The summed E-state index contributed by atoms with van der Waals surface area (Å²) in [5.74, 6) is 3.21. The molecule has 0 radical (unpaired) electrons. The molecular weight excluding hydrogens is 254 g/mol. The Labute approximate surface area is 121 Å². The summed E-state index contributed by atoms with van der Waals surface area (Å²) in [4.78, 5) is 4.62. The lowest BCUT2D eigenvalue weighted by Gasteiger charge is -2.14. The van der Waals surface area contributed by atoms with Crippen LogP contribution in [0.1, 0.15) is 39.5 Å². The topological polar surface area (TPSA) is 37.0 Å². The van der Waals surface area contributed by atoms with Gasteiger partial charge in [0.05, 0.1) is 0 Å². The summed E-state index contributed by atoms with van der Waals surface area (Å²) in [6.45, 7) is 5.39. The summed E-state index contributed by atoms with van der Waals surface area (Å²) >= 11 is 2.09. The van der Waals surface area contributed by atoms with Gasteiger partial charge in [0.15, 0.2) is 0 Å². The van der Waals surface area contributed by atoms with E-state index in [1.54, 1.807) is 0 Å². The number of nitrogens with one attached hydrogen (secondary N) is 2. The van der Waals surface area contributed by atoms with Gasteiger partial charge in [0.1, 0.15) is 11.6 Å². The monoisotopic (exact) mass is 279 g/mol. The number of anilines is 2. The summed E-state index contributed by atoms with van der Waals surface area (Å²) < 4.78 is 0. The van der Waals surface area contributed by atoms with Crippen molar-refractivity contribution < 1.29 is 0 Å². The van der Waals surface area contributed by atoms with Gasteiger partial charge in [0.25, 0.3) is 0 Å². The molecule has 0 spiro atoms. The molecule has 0 aliphatic heterocycles. The molecule has 1 saturated carbocycles. The summed E-state index contributed by atoms with van der Waals surface area (Å²) in [6, 6.07) is 6.77. The third-order valence-electron chi connectivity index (χ3n) is 3.44. The van der Waals surface area contributed by atoms with Crippen LogP contribution < -0.4 is 10.6 Å². The molecule has 1 heterocycles. The van der Waals surface area contributed by atoms with E-state index in [0.717, 1.165) is 29.9 Å². The van der Waals surface area contributed by atoms with E-state index < -0.39 is 0 Å². The third kappa shape index (κ3) is 4.60. The van der Waals surface area contributed by atoms with E-state index in [4.69, 9.17) is 0 Å². The Balaban J connectivity index is 1.85. The highest BCUT2D eigenvalue weighted by molar-refractivity contribution is 7.99. The lowest BCUT2D eigenvalue weighted by Crippen LogP contribution is -2.17. The molecular formula is C15H25N3S. The molecule has 106 valence electrons. The molecule has 2 N–H and O–H groups in total. The molecule has 0 amide bonds. The van der Waals surface area contributed by atoms with Crippen molar-refractivity contribution in [1.82, 2.24) is 4.98 Å². The predicted molar refractivity (Wildman–Crippen MR) is 86.2 cm³/mol. The Morgan fingerprint density at radius 2 is 2.11 bits per heavy atom. The first-order chi connectivity index (χ1) is 9.31. The number of aromatic nitrogens is 1. The van der Waals surface area contributed by atoms with Gasteiger partial charge >= 0.3 is 0 Å². The first-order valence-electron chi connectivity index (χ1n) is 7.41. The van der Waals surface area contributed by atoms with E-state index in [1.165, 1.54) is 25.0 Å². The lowest BCUT2D eigenvalue weighted by atomic mass is 10.2. The standard InChI is InChI=1S/C15H25N3S/c1-3-10-16-14-6-5-7-15(18-14)17-12-8-9-13(11-12)19-4-2/h5-7,12-13H,3-4,8-11H2,1-2H3,(H2,16,17,18). The van der Waals surface area contributed by atoms with E-state index in [-0.39, 0.29) is 0 Å². The van der Waals surface area contributed by atoms with Gasteiger partial charge in [-0.2, -0.15) is 11.8 Å². The molecule has 1 aromatic rings. The molecule has 1 aliphatic rings. The van der Waals surface area contributed by atoms with Crippen molar-refractivity contribution >= 4 is 23.4 Å². The van der Waals surface area contributed by atoms with Crippen LogP contribution in [-0.2, 0) is 0 Å². The fraction of sp³-hybridized carbons (Fsp3) is 0.667. The zero-order valence-electron chi connectivity index (χ0n) is 12.0. The Hall–Kier alpha value is -0.900. The summed E-state index contributed by atoms with van der Waals surface area (Å²) in [5.41, 5.74) is 0. The number of thioether (sulfide) groups is 1. The highest BCUT2D eigenvalue weighted by Gasteiger charge is 2.24. The zero-order chi connectivity index (χ0) is 13.5. The summed E-state index contributed by atoms with van der Waals surface area (Å²) in [7, 11) is 0. The van der Waals surface area contributed by atoms with E-state index >= 15 is 0 Å². The molecule has 0 saturated heterocycles. The van der Waals surface area contributed by atoms with Crippen molar-refractivity contribution in [2.75, 3.05) is 22.9 Å². The molecule has 2 unspecified atom stereocenters. The molecule has 0 aromatic carbocycles. The fourth-order valence-electron chi connectivity index (χ4n) is 2.53. The summed E-state index contributed by atoms with van der Waals surface area (Å²) in [5, 5.41) is 7.75. The second-order valence-electron chi connectivity index (χ2n) is 5.07. The Morgan fingerprint density at radius 1 is 1.26 bits per heavy atom. The van der Waals surface area contributed by atoms with Crippen LogP contribution >= 0.6 is 11.8 Å². The highest BCUT2D eigenvalue weighted by Crippen LogP contribution is 2.31. The van der Waals surface area contributed by atoms with Gasteiger partial charge in [-0.25, -0.2) is 4.98 Å². The summed E-state index contributed by atoms with van der Waals surface area (Å²) in [6.07, 6.45) is 5.00. The minimum atomic E-state index is 0.595. The molecule has 3 nitrogen and oxygen atoms in total. The van der Waals surface area contributed by atoms with Crippen molar-refractivity contribution in [3.05, 3.63) is 18.2 Å². The number of nitrogens with zero attached hydrogens (tertiary/aromatic N) is 1. The second kappa shape index (κ2) is 7.63. The van der Waals surface area contributed by atoms with Crippen LogP contribution in [0, 0.1) is 0 Å². The van der Waals surface area contributed by atoms with E-state index in [2.05, 4.69) is 53.4 Å². The average molecular weight is 279 g/mol. The maximum Gasteiger partial charge on any atom is 0.128 e. The van der Waals surface area contributed by atoms with Gasteiger partial charge < -0.3 is 10.6 Å². The van der Waals surface area contributed by atoms with E-state index in [9.17, 15) is 0 Å². The quantitative estimate of drug-likeness (QED) is 0.791. The average Bonchev–Trinajstić information content (AvgIpc) is 2.85. The molecule has 0 bridgehead atoms. The number of hydrogen-bond donors (Lipinski definition) is 2. The Kier molecular flexibility index (Phi) is 5.83. The van der Waals surface area contributed by atoms with Crippen molar-refractivity contribution in [3.8, 4) is 0 Å². The van der Waals surface area contributed by atoms with Crippen LogP contribution in [0.15, 0.2) is 18.2 Å². The van der Waals surface area contributed by atoms with Gasteiger partial charge in [-0.05, 0) is 43.6 Å². The molecule has 19 heavy (non-hydrogen) atoms. The van der Waals surface area contributed by atoms with Crippen LogP contribution in [0.3, 0.4) is 0 Å². The largest absolute Gasteiger partial charge is 0.370 e. The van der Waals surface area contributed by atoms with Crippen molar-refractivity contribution in [2.45, 2.75) is 50.8 Å². The third-order valence-corrected chi connectivity index (χ3v) is 4.68. The maximum atomic E-state index is 4.62. The minimum Gasteiger partial charge on any atom is -0.370 e. The number of rotatable bonds is 7. The molecule has 1 fully saturated rings. The molecule has 1 aromatic heterocycles. The van der Waals surface area contributed by atoms with Crippen LogP contribution in [0.4, 0.5) is 11.6 Å². The zero-order valence-corrected chi connectivity index (χ0v) is 12.8. The lowest BCUT2D eigenvalue weighted by molar-refractivity contribution is 0.752. The van der Waals surface area contributed by atoms with Crippen LogP contribution in [0.5, 0.6) is 0 Å². The molecule has 1 aliphatic carbocycles. The maximum absolute atomic E-state index is 4.62. The van der Waals surface area contributed by atoms with Gasteiger partial charge in [-0.15, -0.1) is 0 Å². The van der Waals surface area contributed by atoms with Crippen molar-refractivity contribution in [1.29, 1.82) is 0 Å². The predicted octanol–water partition coefficient (Wildman–Crippen LogP) is 3.99. The van der Waals surface area contributed by atoms with Crippen molar-refractivity contribution in [3.63, 3.8) is 0 Å². The molecule has 2 rings (SSSR count). The number of hydrogen-bond acceptors (Lipinski definition) is 4.